The standard InChI is InChI=1S/C14H22N4O3/c1-8(2)7-11-14(20)18(9(3)13(19)16-11)6-5-12-15-10(4)21-17-12/h8-9,11H,5-7H2,1-4H3,(H,16,19). The van der Waals surface area contributed by atoms with E-state index in [4.69, 9.17) is 4.52 Å². The molecule has 0 aromatic carbocycles. The maximum atomic E-state index is 12.5. The molecule has 0 aliphatic carbocycles. The van der Waals surface area contributed by atoms with E-state index >= 15 is 0 Å². The van der Waals surface area contributed by atoms with E-state index in [9.17, 15) is 9.59 Å². The van der Waals surface area contributed by atoms with Crippen LogP contribution in [0.3, 0.4) is 0 Å². The molecule has 1 aromatic heterocycles. The van der Waals surface area contributed by atoms with Gasteiger partial charge in [0.1, 0.15) is 12.1 Å². The molecule has 0 bridgehead atoms. The summed E-state index contributed by atoms with van der Waals surface area (Å²) in [4.78, 5) is 30.2. The molecule has 21 heavy (non-hydrogen) atoms. The maximum absolute atomic E-state index is 12.5. The van der Waals surface area contributed by atoms with Gasteiger partial charge in [-0.15, -0.1) is 0 Å². The number of hydrogen-bond acceptors (Lipinski definition) is 5. The van der Waals surface area contributed by atoms with Gasteiger partial charge in [-0.2, -0.15) is 4.98 Å². The van der Waals surface area contributed by atoms with Gasteiger partial charge in [-0.1, -0.05) is 19.0 Å². The first-order valence-corrected chi connectivity index (χ1v) is 7.28. The van der Waals surface area contributed by atoms with Crippen molar-refractivity contribution < 1.29 is 14.1 Å². The lowest BCUT2D eigenvalue weighted by atomic mass is 9.99. The van der Waals surface area contributed by atoms with Gasteiger partial charge in [-0.3, -0.25) is 9.59 Å². The van der Waals surface area contributed by atoms with Crippen molar-refractivity contribution in [2.24, 2.45) is 5.92 Å². The molecule has 0 spiro atoms. The van der Waals surface area contributed by atoms with Crippen molar-refractivity contribution in [3.63, 3.8) is 0 Å². The lowest BCUT2D eigenvalue weighted by Crippen LogP contribution is -2.62. The van der Waals surface area contributed by atoms with Crippen LogP contribution in [0.1, 0.15) is 38.9 Å². The first kappa shape index (κ1) is 15.5. The average molecular weight is 294 g/mol. The smallest absolute Gasteiger partial charge is 0.245 e. The Kier molecular flexibility index (Phi) is 4.59. The fraction of sp³-hybridized carbons (Fsp3) is 0.714. The van der Waals surface area contributed by atoms with Gasteiger partial charge < -0.3 is 14.7 Å². The van der Waals surface area contributed by atoms with Crippen LogP contribution < -0.4 is 5.32 Å². The second kappa shape index (κ2) is 6.24. The number of hydrogen-bond donors (Lipinski definition) is 1. The van der Waals surface area contributed by atoms with E-state index in [1.165, 1.54) is 0 Å². The van der Waals surface area contributed by atoms with E-state index in [1.54, 1.807) is 18.7 Å². The monoisotopic (exact) mass is 294 g/mol. The lowest BCUT2D eigenvalue weighted by molar-refractivity contribution is -0.149. The molecule has 0 radical (unpaired) electrons. The summed E-state index contributed by atoms with van der Waals surface area (Å²) < 4.78 is 4.91. The number of nitrogens with one attached hydrogen (secondary N) is 1. The predicted molar refractivity (Wildman–Crippen MR) is 75.3 cm³/mol. The number of aryl methyl sites for hydroxylation is 1. The zero-order valence-electron chi connectivity index (χ0n) is 12.9. The van der Waals surface area contributed by atoms with Crippen LogP contribution in [-0.2, 0) is 16.0 Å². The molecule has 0 saturated carbocycles. The van der Waals surface area contributed by atoms with Gasteiger partial charge >= 0.3 is 0 Å². The predicted octanol–water partition coefficient (Wildman–Crippen LogP) is 0.682. The molecule has 2 amide bonds. The van der Waals surface area contributed by atoms with Crippen molar-refractivity contribution in [2.75, 3.05) is 6.54 Å². The molecule has 7 nitrogen and oxygen atoms in total. The Hall–Kier alpha value is -1.92. The highest BCUT2D eigenvalue weighted by atomic mass is 16.5. The van der Waals surface area contributed by atoms with Crippen LogP contribution in [0.2, 0.25) is 0 Å². The Balaban J connectivity index is 2.04. The number of amides is 2. The molecule has 2 rings (SSSR count). The van der Waals surface area contributed by atoms with Crippen LogP contribution >= 0.6 is 0 Å². The summed E-state index contributed by atoms with van der Waals surface area (Å²) in [6.45, 7) is 7.94. The van der Waals surface area contributed by atoms with Crippen LogP contribution in [0.5, 0.6) is 0 Å². The fourth-order valence-electron chi connectivity index (χ4n) is 2.48. The average Bonchev–Trinajstić information content (AvgIpc) is 2.81. The number of aromatic nitrogens is 2. The van der Waals surface area contributed by atoms with Crippen molar-refractivity contribution in [3.8, 4) is 0 Å². The van der Waals surface area contributed by atoms with Crippen LogP contribution in [-0.4, -0.2) is 45.5 Å². The SMILES string of the molecule is Cc1nc(CCN2C(=O)C(CC(C)C)NC(=O)C2C)no1. The van der Waals surface area contributed by atoms with E-state index in [0.29, 0.717) is 37.0 Å². The quantitative estimate of drug-likeness (QED) is 0.863. The van der Waals surface area contributed by atoms with Gasteiger partial charge in [0.05, 0.1) is 0 Å². The van der Waals surface area contributed by atoms with Gasteiger partial charge in [0.25, 0.3) is 0 Å². The van der Waals surface area contributed by atoms with E-state index in [2.05, 4.69) is 15.5 Å². The van der Waals surface area contributed by atoms with Gasteiger partial charge in [0.15, 0.2) is 5.82 Å². The number of rotatable bonds is 5. The Morgan fingerprint density at radius 2 is 2.10 bits per heavy atom. The summed E-state index contributed by atoms with van der Waals surface area (Å²) in [6.07, 6.45) is 1.13. The Labute approximate surface area is 124 Å². The van der Waals surface area contributed by atoms with Crippen LogP contribution in [0.25, 0.3) is 0 Å². The summed E-state index contributed by atoms with van der Waals surface area (Å²) in [5.41, 5.74) is 0. The second-order valence-electron chi connectivity index (χ2n) is 5.88. The number of carbonyl (C=O) groups excluding carboxylic acids is 2. The maximum Gasteiger partial charge on any atom is 0.245 e. The summed E-state index contributed by atoms with van der Waals surface area (Å²) in [5.74, 6) is 1.26. The van der Waals surface area contributed by atoms with Crippen molar-refractivity contribution in [1.29, 1.82) is 0 Å². The summed E-state index contributed by atoms with van der Waals surface area (Å²) >= 11 is 0. The first-order valence-electron chi connectivity index (χ1n) is 7.28. The molecule has 1 aliphatic heterocycles. The van der Waals surface area contributed by atoms with Crippen molar-refractivity contribution in [1.82, 2.24) is 20.4 Å². The van der Waals surface area contributed by atoms with Crippen molar-refractivity contribution in [3.05, 3.63) is 11.7 Å². The zero-order chi connectivity index (χ0) is 15.6. The fourth-order valence-corrected chi connectivity index (χ4v) is 2.48. The molecule has 1 N–H and O–H groups in total. The van der Waals surface area contributed by atoms with Crippen LogP contribution in [0.15, 0.2) is 4.52 Å². The molecule has 1 saturated heterocycles. The highest BCUT2D eigenvalue weighted by molar-refractivity contribution is 5.96. The lowest BCUT2D eigenvalue weighted by Gasteiger charge is -2.37. The van der Waals surface area contributed by atoms with Crippen LogP contribution in [0, 0.1) is 12.8 Å². The van der Waals surface area contributed by atoms with Crippen molar-refractivity contribution >= 4 is 11.8 Å². The summed E-state index contributed by atoms with van der Waals surface area (Å²) in [6, 6.07) is -0.894. The molecule has 1 fully saturated rings. The third-order valence-corrected chi connectivity index (χ3v) is 3.60. The molecular weight excluding hydrogens is 272 g/mol. The van der Waals surface area contributed by atoms with Gasteiger partial charge in [0, 0.05) is 19.9 Å². The Morgan fingerprint density at radius 1 is 1.38 bits per heavy atom. The molecule has 1 aliphatic rings. The molecule has 2 atom stereocenters. The molecule has 1 aromatic rings. The van der Waals surface area contributed by atoms with E-state index < -0.39 is 12.1 Å². The molecule has 2 heterocycles. The van der Waals surface area contributed by atoms with Gasteiger partial charge in [-0.05, 0) is 19.3 Å². The topological polar surface area (TPSA) is 88.3 Å². The largest absolute Gasteiger partial charge is 0.343 e. The number of nitrogens with zero attached hydrogens (tertiary/aromatic N) is 3. The Morgan fingerprint density at radius 3 is 2.67 bits per heavy atom. The highest BCUT2D eigenvalue weighted by Gasteiger charge is 2.37. The Bertz CT molecular complexity index is 526. The minimum atomic E-state index is -0.464. The second-order valence-corrected chi connectivity index (χ2v) is 5.88. The normalized spacial score (nSPS) is 22.8. The molecule has 2 unspecified atom stereocenters. The molecular formula is C14H22N4O3. The third kappa shape index (κ3) is 3.59. The zero-order valence-corrected chi connectivity index (χ0v) is 12.9. The number of piperazine rings is 1. The van der Waals surface area contributed by atoms with E-state index in [1.807, 2.05) is 13.8 Å². The van der Waals surface area contributed by atoms with Gasteiger partial charge in [0.2, 0.25) is 17.7 Å². The van der Waals surface area contributed by atoms with Gasteiger partial charge in [-0.25, -0.2) is 0 Å². The molecule has 7 heteroatoms. The minimum Gasteiger partial charge on any atom is -0.343 e. The first-order chi connectivity index (χ1) is 9.88. The number of carbonyl (C=O) groups is 2. The summed E-state index contributed by atoms with van der Waals surface area (Å²) in [7, 11) is 0. The van der Waals surface area contributed by atoms with E-state index in [-0.39, 0.29) is 11.8 Å². The molecule has 116 valence electrons. The van der Waals surface area contributed by atoms with Crippen LogP contribution in [0.4, 0.5) is 0 Å². The minimum absolute atomic E-state index is 0.0315. The third-order valence-electron chi connectivity index (χ3n) is 3.60. The van der Waals surface area contributed by atoms with E-state index in [0.717, 1.165) is 0 Å². The highest BCUT2D eigenvalue weighted by Crippen LogP contribution is 2.16. The summed E-state index contributed by atoms with van der Waals surface area (Å²) in [5, 5.41) is 6.61. The van der Waals surface area contributed by atoms with Crippen molar-refractivity contribution in [2.45, 2.75) is 52.6 Å².